The van der Waals surface area contributed by atoms with E-state index in [2.05, 4.69) is 4.98 Å². The standard InChI is InChI=1S/C18H24N2O4S/c1-4-12-20(13-10-15-7-5-6-11-19-15)25(21,22)16-8-9-17(23-2)18(14-16)24-3/h5-9,11,14H,4,10,12-13H2,1-3H3. The molecule has 2 aromatic rings. The fourth-order valence-electron chi connectivity index (χ4n) is 2.51. The summed E-state index contributed by atoms with van der Waals surface area (Å²) in [5, 5.41) is 0. The van der Waals surface area contributed by atoms with Crippen molar-refractivity contribution >= 4 is 10.0 Å². The highest BCUT2D eigenvalue weighted by molar-refractivity contribution is 7.89. The molecule has 25 heavy (non-hydrogen) atoms. The van der Waals surface area contributed by atoms with Gasteiger partial charge in [-0.15, -0.1) is 0 Å². The molecular formula is C18H24N2O4S. The lowest BCUT2D eigenvalue weighted by atomic mass is 10.3. The summed E-state index contributed by atoms with van der Waals surface area (Å²) in [6, 6.07) is 10.3. The van der Waals surface area contributed by atoms with Crippen molar-refractivity contribution in [2.45, 2.75) is 24.7 Å². The normalized spacial score (nSPS) is 11.5. The lowest BCUT2D eigenvalue weighted by Crippen LogP contribution is -2.33. The molecule has 0 saturated carbocycles. The number of hydrogen-bond donors (Lipinski definition) is 0. The van der Waals surface area contributed by atoms with E-state index in [1.807, 2.05) is 25.1 Å². The third-order valence-corrected chi connectivity index (χ3v) is 5.70. The lowest BCUT2D eigenvalue weighted by Gasteiger charge is -2.22. The minimum absolute atomic E-state index is 0.194. The first-order valence-electron chi connectivity index (χ1n) is 8.15. The zero-order chi connectivity index (χ0) is 18.3. The molecule has 0 amide bonds. The Labute approximate surface area is 149 Å². The van der Waals surface area contributed by atoms with E-state index in [0.29, 0.717) is 31.0 Å². The van der Waals surface area contributed by atoms with Crippen molar-refractivity contribution in [2.75, 3.05) is 27.3 Å². The van der Waals surface area contributed by atoms with Crippen molar-refractivity contribution in [3.8, 4) is 11.5 Å². The summed E-state index contributed by atoms with van der Waals surface area (Å²) in [5.74, 6) is 0.890. The molecule has 0 atom stereocenters. The first kappa shape index (κ1) is 19.2. The Bertz CT molecular complexity index is 779. The summed E-state index contributed by atoms with van der Waals surface area (Å²) >= 11 is 0. The van der Waals surface area contributed by atoms with Gasteiger partial charge in [-0.25, -0.2) is 8.42 Å². The second-order valence-electron chi connectivity index (χ2n) is 5.49. The van der Waals surface area contributed by atoms with Crippen molar-refractivity contribution < 1.29 is 17.9 Å². The van der Waals surface area contributed by atoms with Gasteiger partial charge in [-0.05, 0) is 30.7 Å². The maximum Gasteiger partial charge on any atom is 0.243 e. The van der Waals surface area contributed by atoms with E-state index in [-0.39, 0.29) is 4.90 Å². The summed E-state index contributed by atoms with van der Waals surface area (Å²) < 4.78 is 37.9. The number of rotatable bonds is 9. The molecular weight excluding hydrogens is 340 g/mol. The molecule has 1 aromatic heterocycles. The maximum atomic E-state index is 13.0. The van der Waals surface area contributed by atoms with Crippen LogP contribution in [0.3, 0.4) is 0 Å². The van der Waals surface area contributed by atoms with Gasteiger partial charge in [0, 0.05) is 37.5 Å². The third kappa shape index (κ3) is 4.70. The molecule has 0 saturated heterocycles. The summed E-state index contributed by atoms with van der Waals surface area (Å²) in [6.45, 7) is 2.78. The van der Waals surface area contributed by atoms with Crippen LogP contribution >= 0.6 is 0 Å². The molecule has 0 spiro atoms. The van der Waals surface area contributed by atoms with Gasteiger partial charge in [-0.1, -0.05) is 13.0 Å². The summed E-state index contributed by atoms with van der Waals surface area (Å²) in [7, 11) is -0.620. The van der Waals surface area contributed by atoms with Crippen LogP contribution in [0.4, 0.5) is 0 Å². The zero-order valence-electron chi connectivity index (χ0n) is 14.8. The topological polar surface area (TPSA) is 68.7 Å². The number of benzene rings is 1. The van der Waals surface area contributed by atoms with Gasteiger partial charge in [0.05, 0.1) is 19.1 Å². The van der Waals surface area contributed by atoms with Crippen LogP contribution in [0, 0.1) is 0 Å². The first-order chi connectivity index (χ1) is 12.0. The molecule has 2 rings (SSSR count). The quantitative estimate of drug-likeness (QED) is 0.684. The number of pyridine rings is 1. The fourth-order valence-corrected chi connectivity index (χ4v) is 4.06. The van der Waals surface area contributed by atoms with E-state index in [9.17, 15) is 8.42 Å². The predicted octanol–water partition coefficient (Wildman–Crippen LogP) is 2.74. The number of nitrogens with zero attached hydrogens (tertiary/aromatic N) is 2. The summed E-state index contributed by atoms with van der Waals surface area (Å²) in [6.07, 6.45) is 3.00. The minimum Gasteiger partial charge on any atom is -0.493 e. The fraction of sp³-hybridized carbons (Fsp3) is 0.389. The molecule has 0 radical (unpaired) electrons. The van der Waals surface area contributed by atoms with Gasteiger partial charge in [0.1, 0.15) is 0 Å². The Morgan fingerprint density at radius 3 is 2.40 bits per heavy atom. The van der Waals surface area contributed by atoms with Gasteiger partial charge >= 0.3 is 0 Å². The van der Waals surface area contributed by atoms with Gasteiger partial charge in [-0.2, -0.15) is 4.31 Å². The number of aromatic nitrogens is 1. The monoisotopic (exact) mass is 364 g/mol. The summed E-state index contributed by atoms with van der Waals surface area (Å²) in [5.41, 5.74) is 0.867. The Balaban J connectivity index is 2.26. The Hall–Kier alpha value is -2.12. The Kier molecular flexibility index (Phi) is 6.78. The average Bonchev–Trinajstić information content (AvgIpc) is 2.65. The van der Waals surface area contributed by atoms with Crippen LogP contribution in [0.5, 0.6) is 11.5 Å². The van der Waals surface area contributed by atoms with Crippen LogP contribution in [0.2, 0.25) is 0 Å². The first-order valence-corrected chi connectivity index (χ1v) is 9.59. The number of hydrogen-bond acceptors (Lipinski definition) is 5. The highest BCUT2D eigenvalue weighted by Gasteiger charge is 2.25. The van der Waals surface area contributed by atoms with Crippen molar-refractivity contribution in [3.05, 3.63) is 48.3 Å². The van der Waals surface area contributed by atoms with E-state index in [4.69, 9.17) is 9.47 Å². The van der Waals surface area contributed by atoms with Crippen LogP contribution in [0.1, 0.15) is 19.0 Å². The minimum atomic E-state index is -3.62. The van der Waals surface area contributed by atoms with Crippen molar-refractivity contribution in [2.24, 2.45) is 0 Å². The van der Waals surface area contributed by atoms with E-state index >= 15 is 0 Å². The predicted molar refractivity (Wildman–Crippen MR) is 96.5 cm³/mol. The highest BCUT2D eigenvalue weighted by Crippen LogP contribution is 2.30. The van der Waals surface area contributed by atoms with Crippen LogP contribution in [0.25, 0.3) is 0 Å². The van der Waals surface area contributed by atoms with Crippen LogP contribution < -0.4 is 9.47 Å². The SMILES string of the molecule is CCCN(CCc1ccccn1)S(=O)(=O)c1ccc(OC)c(OC)c1. The number of ether oxygens (including phenoxy) is 2. The number of sulfonamides is 1. The number of methoxy groups -OCH3 is 2. The molecule has 0 bridgehead atoms. The van der Waals surface area contributed by atoms with E-state index < -0.39 is 10.0 Å². The third-order valence-electron chi connectivity index (χ3n) is 3.81. The molecule has 1 heterocycles. The molecule has 7 heteroatoms. The highest BCUT2D eigenvalue weighted by atomic mass is 32.2. The molecule has 0 unspecified atom stereocenters. The largest absolute Gasteiger partial charge is 0.493 e. The molecule has 0 aliphatic heterocycles. The van der Waals surface area contributed by atoms with Gasteiger partial charge < -0.3 is 9.47 Å². The molecule has 6 nitrogen and oxygen atoms in total. The molecule has 136 valence electrons. The van der Waals surface area contributed by atoms with Crippen LogP contribution in [0.15, 0.2) is 47.5 Å². The van der Waals surface area contributed by atoms with Crippen LogP contribution in [-0.2, 0) is 16.4 Å². The molecule has 0 N–H and O–H groups in total. The van der Waals surface area contributed by atoms with Crippen molar-refractivity contribution in [1.82, 2.24) is 9.29 Å². The molecule has 1 aromatic carbocycles. The van der Waals surface area contributed by atoms with E-state index in [1.165, 1.54) is 24.6 Å². The van der Waals surface area contributed by atoms with Crippen molar-refractivity contribution in [1.29, 1.82) is 0 Å². The smallest absolute Gasteiger partial charge is 0.243 e. The molecule has 0 aliphatic rings. The Morgan fingerprint density at radius 2 is 1.80 bits per heavy atom. The molecule has 0 aliphatic carbocycles. The second kappa shape index (κ2) is 8.82. The summed E-state index contributed by atoms with van der Waals surface area (Å²) in [4.78, 5) is 4.45. The lowest BCUT2D eigenvalue weighted by molar-refractivity contribution is 0.353. The van der Waals surface area contributed by atoms with Crippen molar-refractivity contribution in [3.63, 3.8) is 0 Å². The van der Waals surface area contributed by atoms with Gasteiger partial charge in [-0.3, -0.25) is 4.98 Å². The van der Waals surface area contributed by atoms with E-state index in [1.54, 1.807) is 18.3 Å². The van der Waals surface area contributed by atoms with Gasteiger partial charge in [0.25, 0.3) is 0 Å². The van der Waals surface area contributed by atoms with Crippen LogP contribution in [-0.4, -0.2) is 45.0 Å². The Morgan fingerprint density at radius 1 is 1.04 bits per heavy atom. The average molecular weight is 364 g/mol. The van der Waals surface area contributed by atoms with Gasteiger partial charge in [0.15, 0.2) is 11.5 Å². The maximum absolute atomic E-state index is 13.0. The zero-order valence-corrected chi connectivity index (χ0v) is 15.6. The molecule has 0 fully saturated rings. The van der Waals surface area contributed by atoms with Gasteiger partial charge in [0.2, 0.25) is 10.0 Å². The van der Waals surface area contributed by atoms with E-state index in [0.717, 1.165) is 12.1 Å². The second-order valence-corrected chi connectivity index (χ2v) is 7.43.